The van der Waals surface area contributed by atoms with Gasteiger partial charge in [0, 0.05) is 45.0 Å². The van der Waals surface area contributed by atoms with E-state index in [0.29, 0.717) is 13.2 Å². The second kappa shape index (κ2) is 10.0. The fourth-order valence-corrected chi connectivity index (χ4v) is 4.76. The van der Waals surface area contributed by atoms with Gasteiger partial charge in [-0.25, -0.2) is 13.2 Å². The van der Waals surface area contributed by atoms with Gasteiger partial charge in [-0.05, 0) is 19.9 Å². The summed E-state index contributed by atoms with van der Waals surface area (Å²) in [5.41, 5.74) is -0.230. The van der Waals surface area contributed by atoms with Crippen molar-refractivity contribution in [1.29, 1.82) is 0 Å². The maximum Gasteiger partial charge on any atom is 0.490 e. The molecule has 0 aromatic heterocycles. The van der Waals surface area contributed by atoms with E-state index < -0.39 is 22.0 Å². The van der Waals surface area contributed by atoms with E-state index in [4.69, 9.17) is 14.6 Å². The van der Waals surface area contributed by atoms with Crippen molar-refractivity contribution in [1.82, 2.24) is 14.7 Å². The number of rotatable bonds is 5. The van der Waals surface area contributed by atoms with Gasteiger partial charge in [0.2, 0.25) is 5.91 Å². The molecule has 0 bridgehead atoms. The third-order valence-electron chi connectivity index (χ3n) is 5.74. The highest BCUT2D eigenvalue weighted by Crippen LogP contribution is 2.31. The van der Waals surface area contributed by atoms with Gasteiger partial charge < -0.3 is 14.7 Å². The van der Waals surface area contributed by atoms with E-state index in [9.17, 15) is 26.4 Å². The number of ether oxygens (including phenoxy) is 1. The van der Waals surface area contributed by atoms with E-state index in [1.807, 2.05) is 11.9 Å². The molecular formula is C18H30F3N3O6S. The first kappa shape index (κ1) is 25.8. The monoisotopic (exact) mass is 473 g/mol. The lowest BCUT2D eigenvalue weighted by molar-refractivity contribution is -0.198. The summed E-state index contributed by atoms with van der Waals surface area (Å²) in [7, 11) is -0.923. The Morgan fingerprint density at radius 2 is 1.71 bits per heavy atom. The number of likely N-dealkylation sites (N-methyl/N-ethyl adjacent to an activating group) is 1. The predicted molar refractivity (Wildman–Crippen MR) is 105 cm³/mol. The van der Waals surface area contributed by atoms with Crippen molar-refractivity contribution in [3.63, 3.8) is 0 Å². The molecule has 1 atom stereocenters. The lowest BCUT2D eigenvalue weighted by Gasteiger charge is -2.55. The van der Waals surface area contributed by atoms with Crippen LogP contribution in [0.25, 0.3) is 0 Å². The summed E-state index contributed by atoms with van der Waals surface area (Å²) in [5.74, 6) is -2.15. The molecule has 3 aliphatic heterocycles. The number of nitrogens with zero attached hydrogens (tertiary/aromatic N) is 3. The number of alkyl halides is 3. The second-order valence-electron chi connectivity index (χ2n) is 8.21. The topological polar surface area (TPSA) is 107 Å². The van der Waals surface area contributed by atoms with Gasteiger partial charge >= 0.3 is 12.1 Å². The summed E-state index contributed by atoms with van der Waals surface area (Å²) in [6.45, 7) is 6.66. The van der Waals surface area contributed by atoms with E-state index >= 15 is 0 Å². The van der Waals surface area contributed by atoms with Gasteiger partial charge in [0.1, 0.15) is 11.6 Å². The fraction of sp³-hybridized carbons (Fsp3) is 0.889. The van der Waals surface area contributed by atoms with Crippen LogP contribution in [0.3, 0.4) is 0 Å². The van der Waals surface area contributed by atoms with Crippen LogP contribution in [0.2, 0.25) is 0 Å². The van der Waals surface area contributed by atoms with Crippen LogP contribution in [0.4, 0.5) is 13.2 Å². The van der Waals surface area contributed by atoms with Crippen LogP contribution in [0, 0.1) is 0 Å². The Balaban J connectivity index is 0.000000423. The molecule has 9 nitrogen and oxygen atoms in total. The molecule has 1 unspecified atom stereocenters. The number of carbonyl (C=O) groups excluding carboxylic acids is 1. The first-order valence-corrected chi connectivity index (χ1v) is 12.0. The molecule has 3 rings (SSSR count). The zero-order valence-electron chi connectivity index (χ0n) is 17.7. The Morgan fingerprint density at radius 3 is 2.16 bits per heavy atom. The van der Waals surface area contributed by atoms with Gasteiger partial charge in [-0.15, -0.1) is 0 Å². The Hall–Kier alpha value is -1.44. The van der Waals surface area contributed by atoms with Crippen LogP contribution >= 0.6 is 0 Å². The lowest BCUT2D eigenvalue weighted by Crippen LogP contribution is -2.72. The minimum absolute atomic E-state index is 0.178. The molecule has 0 aromatic carbocycles. The molecule has 0 aliphatic carbocycles. The van der Waals surface area contributed by atoms with Crippen molar-refractivity contribution in [3.8, 4) is 0 Å². The molecule has 3 aliphatic rings. The van der Waals surface area contributed by atoms with E-state index in [2.05, 4.69) is 9.80 Å². The quantitative estimate of drug-likeness (QED) is 0.598. The zero-order chi connectivity index (χ0) is 23.4. The third kappa shape index (κ3) is 7.02. The molecule has 1 spiro atoms. The third-order valence-corrected chi connectivity index (χ3v) is 7.43. The number of carboxylic acids is 1. The lowest BCUT2D eigenvalue weighted by atomic mass is 9.90. The molecule has 180 valence electrons. The molecule has 3 fully saturated rings. The maximum atomic E-state index is 12.6. The number of morpholine rings is 1. The van der Waals surface area contributed by atoms with E-state index in [1.54, 1.807) is 6.92 Å². The summed E-state index contributed by atoms with van der Waals surface area (Å²) in [6, 6.07) is -0.178. The van der Waals surface area contributed by atoms with Gasteiger partial charge in [0.15, 0.2) is 9.84 Å². The average Bonchev–Trinajstić information content (AvgIpc) is 3.19. The minimum Gasteiger partial charge on any atom is -0.475 e. The van der Waals surface area contributed by atoms with Crippen molar-refractivity contribution in [2.75, 3.05) is 64.4 Å². The molecule has 1 amide bonds. The number of likely N-dealkylation sites (tertiary alicyclic amines) is 2. The Bertz CT molecular complexity index is 749. The SMILES string of the molecule is CCS(=O)(=O)CCN1CC2(C1)CN(C)C(C(=O)N1CCCC1)CO2.O=C(O)C(F)(F)F. The first-order chi connectivity index (χ1) is 14.3. The summed E-state index contributed by atoms with van der Waals surface area (Å²) < 4.78 is 61.0. The summed E-state index contributed by atoms with van der Waals surface area (Å²) in [5, 5.41) is 7.12. The van der Waals surface area contributed by atoms with Gasteiger partial charge in [0.25, 0.3) is 0 Å². The number of carbonyl (C=O) groups is 2. The van der Waals surface area contributed by atoms with Crippen molar-refractivity contribution in [2.45, 2.75) is 37.6 Å². The smallest absolute Gasteiger partial charge is 0.475 e. The van der Waals surface area contributed by atoms with Crippen LogP contribution in [0.1, 0.15) is 19.8 Å². The summed E-state index contributed by atoms with van der Waals surface area (Å²) in [6.07, 6.45) is -2.88. The Kier molecular flexibility index (Phi) is 8.33. The molecule has 3 saturated heterocycles. The predicted octanol–water partition coefficient (Wildman–Crippen LogP) is 0.0618. The van der Waals surface area contributed by atoms with Crippen molar-refractivity contribution >= 4 is 21.7 Å². The first-order valence-electron chi connectivity index (χ1n) is 10.1. The molecule has 0 aromatic rings. The highest BCUT2D eigenvalue weighted by atomic mass is 32.2. The molecule has 0 radical (unpaired) electrons. The second-order valence-corrected chi connectivity index (χ2v) is 10.7. The van der Waals surface area contributed by atoms with Crippen LogP contribution in [-0.2, 0) is 24.2 Å². The molecule has 1 N–H and O–H groups in total. The van der Waals surface area contributed by atoms with Crippen LogP contribution < -0.4 is 0 Å². The van der Waals surface area contributed by atoms with Crippen LogP contribution in [0.5, 0.6) is 0 Å². The normalized spacial score (nSPS) is 24.4. The number of aliphatic carboxylic acids is 1. The molecule has 0 saturated carbocycles. The van der Waals surface area contributed by atoms with Gasteiger partial charge in [-0.1, -0.05) is 6.92 Å². The van der Waals surface area contributed by atoms with E-state index in [0.717, 1.165) is 45.6 Å². The van der Waals surface area contributed by atoms with Crippen LogP contribution in [0.15, 0.2) is 0 Å². The molecular weight excluding hydrogens is 443 g/mol. The summed E-state index contributed by atoms with van der Waals surface area (Å²) >= 11 is 0. The number of sulfone groups is 1. The minimum atomic E-state index is -5.08. The highest BCUT2D eigenvalue weighted by Gasteiger charge is 2.50. The Morgan fingerprint density at radius 1 is 1.16 bits per heavy atom. The molecule has 3 heterocycles. The zero-order valence-corrected chi connectivity index (χ0v) is 18.5. The van der Waals surface area contributed by atoms with Gasteiger partial charge in [0.05, 0.1) is 12.4 Å². The average molecular weight is 474 g/mol. The largest absolute Gasteiger partial charge is 0.490 e. The number of amides is 1. The maximum absolute atomic E-state index is 12.6. The van der Waals surface area contributed by atoms with Crippen LogP contribution in [-0.4, -0.2) is 122 Å². The number of halogens is 3. The van der Waals surface area contributed by atoms with Gasteiger partial charge in [-0.3, -0.25) is 14.6 Å². The fourth-order valence-electron chi connectivity index (χ4n) is 3.93. The number of hydrogen-bond acceptors (Lipinski definition) is 7. The van der Waals surface area contributed by atoms with Crippen molar-refractivity contribution in [2.24, 2.45) is 0 Å². The van der Waals surface area contributed by atoms with E-state index in [-0.39, 0.29) is 29.1 Å². The number of carboxylic acid groups (broad SMARTS) is 1. The standard InChI is InChI=1S/C16H29N3O4S.C2HF3O2/c1-3-24(21,22)9-8-18-12-16(13-18)11-17(2)14(10-23-16)15(20)19-6-4-5-7-19;3-2(4,5)1(6)7/h14H,3-13H2,1-2H3;(H,6,7). The van der Waals surface area contributed by atoms with Crippen molar-refractivity contribution in [3.05, 3.63) is 0 Å². The molecule has 13 heteroatoms. The van der Waals surface area contributed by atoms with E-state index in [1.165, 1.54) is 0 Å². The Labute approximate surface area is 180 Å². The van der Waals surface area contributed by atoms with Crippen molar-refractivity contribution < 1.29 is 41.0 Å². The number of hydrogen-bond donors (Lipinski definition) is 1. The summed E-state index contributed by atoms with van der Waals surface area (Å²) in [4.78, 5) is 27.7. The van der Waals surface area contributed by atoms with Gasteiger partial charge in [-0.2, -0.15) is 13.2 Å². The molecule has 31 heavy (non-hydrogen) atoms. The highest BCUT2D eigenvalue weighted by molar-refractivity contribution is 7.91.